The number of hydrogen-bond acceptors (Lipinski definition) is 2. The van der Waals surface area contributed by atoms with Crippen LogP contribution < -0.4 is 0 Å². The summed E-state index contributed by atoms with van der Waals surface area (Å²) in [6.07, 6.45) is 0.630. The molecule has 0 bridgehead atoms. The molecule has 5 heteroatoms. The van der Waals surface area contributed by atoms with Crippen LogP contribution in [0.4, 0.5) is 8.78 Å². The van der Waals surface area contributed by atoms with E-state index >= 15 is 0 Å². The second-order valence-electron chi connectivity index (χ2n) is 3.86. The highest BCUT2D eigenvalue weighted by atomic mass is 79.9. The second-order valence-corrected chi connectivity index (χ2v) is 5.72. The topological polar surface area (TPSA) is 3.24 Å². The molecule has 0 amide bonds. The smallest absolute Gasteiger partial charge is 0.260 e. The molecule has 84 valence electrons. The first kappa shape index (κ1) is 11.5. The van der Waals surface area contributed by atoms with Crippen LogP contribution in [0.3, 0.4) is 0 Å². The van der Waals surface area contributed by atoms with Gasteiger partial charge in [-0.2, -0.15) is 0 Å². The van der Waals surface area contributed by atoms with Gasteiger partial charge in [-0.05, 0) is 40.3 Å². The molecule has 1 nitrogen and oxygen atoms in total. The van der Waals surface area contributed by atoms with Crippen LogP contribution in [0.25, 0.3) is 0 Å². The highest BCUT2D eigenvalue weighted by Gasteiger charge is 2.35. The van der Waals surface area contributed by atoms with Crippen molar-refractivity contribution in [2.75, 3.05) is 13.1 Å². The van der Waals surface area contributed by atoms with Gasteiger partial charge in [-0.1, -0.05) is 0 Å². The highest BCUT2D eigenvalue weighted by Crippen LogP contribution is 2.30. The monoisotopic (exact) mass is 295 g/mol. The van der Waals surface area contributed by atoms with Crippen molar-refractivity contribution < 1.29 is 8.78 Å². The SMILES string of the molecule is FC1(F)CCCN(Cc2sccc2Br)C1. The Hall–Kier alpha value is -0.000000000000000111. The molecule has 0 spiro atoms. The molecule has 2 heterocycles. The number of alkyl halides is 2. The Morgan fingerprint density at radius 2 is 2.33 bits per heavy atom. The van der Waals surface area contributed by atoms with E-state index in [1.807, 2.05) is 16.3 Å². The van der Waals surface area contributed by atoms with Gasteiger partial charge in [0.15, 0.2) is 0 Å². The molecule has 1 aromatic heterocycles. The lowest BCUT2D eigenvalue weighted by atomic mass is 10.1. The average Bonchev–Trinajstić information content (AvgIpc) is 2.50. The van der Waals surface area contributed by atoms with Crippen LogP contribution in [0.5, 0.6) is 0 Å². The van der Waals surface area contributed by atoms with Crippen molar-refractivity contribution in [3.05, 3.63) is 20.8 Å². The molecule has 1 aliphatic rings. The van der Waals surface area contributed by atoms with Crippen molar-refractivity contribution >= 4 is 27.3 Å². The Morgan fingerprint density at radius 3 is 2.93 bits per heavy atom. The molecular formula is C10H12BrF2NS. The fourth-order valence-corrected chi connectivity index (χ4v) is 3.34. The zero-order valence-corrected chi connectivity index (χ0v) is 10.6. The summed E-state index contributed by atoms with van der Waals surface area (Å²) in [5.41, 5.74) is 0. The lowest BCUT2D eigenvalue weighted by Crippen LogP contribution is -2.41. The molecule has 0 atom stereocenters. The Morgan fingerprint density at radius 1 is 1.53 bits per heavy atom. The van der Waals surface area contributed by atoms with E-state index in [0.29, 0.717) is 13.0 Å². The zero-order chi connectivity index (χ0) is 10.9. The Kier molecular flexibility index (Phi) is 3.42. The summed E-state index contributed by atoms with van der Waals surface area (Å²) >= 11 is 5.03. The Bertz CT molecular complexity index is 340. The molecule has 0 N–H and O–H groups in total. The van der Waals surface area contributed by atoms with Gasteiger partial charge >= 0.3 is 0 Å². The van der Waals surface area contributed by atoms with Crippen LogP contribution in [0.2, 0.25) is 0 Å². The van der Waals surface area contributed by atoms with Gasteiger partial charge in [0.1, 0.15) is 0 Å². The van der Waals surface area contributed by atoms with E-state index in [9.17, 15) is 8.78 Å². The lowest BCUT2D eigenvalue weighted by molar-refractivity contribution is -0.0659. The number of rotatable bonds is 2. The molecule has 1 saturated heterocycles. The molecule has 1 fully saturated rings. The van der Waals surface area contributed by atoms with Crippen LogP contribution in [-0.4, -0.2) is 23.9 Å². The fraction of sp³-hybridized carbons (Fsp3) is 0.600. The van der Waals surface area contributed by atoms with Crippen molar-refractivity contribution in [1.82, 2.24) is 4.90 Å². The van der Waals surface area contributed by atoms with Gasteiger partial charge in [-0.25, -0.2) is 8.78 Å². The highest BCUT2D eigenvalue weighted by molar-refractivity contribution is 9.10. The number of halogens is 3. The van der Waals surface area contributed by atoms with Gasteiger partial charge in [0.25, 0.3) is 5.92 Å². The largest absolute Gasteiger partial charge is 0.292 e. The fourth-order valence-electron chi connectivity index (χ4n) is 1.82. The number of hydrogen-bond donors (Lipinski definition) is 0. The van der Waals surface area contributed by atoms with Crippen molar-refractivity contribution in [3.8, 4) is 0 Å². The van der Waals surface area contributed by atoms with E-state index < -0.39 is 5.92 Å². The summed E-state index contributed by atoms with van der Waals surface area (Å²) in [7, 11) is 0. The maximum Gasteiger partial charge on any atom is 0.260 e. The predicted molar refractivity (Wildman–Crippen MR) is 61.5 cm³/mol. The summed E-state index contributed by atoms with van der Waals surface area (Å²) in [4.78, 5) is 2.97. The normalized spacial score (nSPS) is 21.8. The third-order valence-corrected chi connectivity index (χ3v) is 4.44. The van der Waals surface area contributed by atoms with Crippen LogP contribution in [-0.2, 0) is 6.54 Å². The maximum absolute atomic E-state index is 13.1. The molecule has 0 aromatic carbocycles. The molecule has 2 rings (SSSR count). The van der Waals surface area contributed by atoms with Gasteiger partial charge in [-0.3, -0.25) is 4.90 Å². The minimum atomic E-state index is -2.50. The Balaban J connectivity index is 1.98. The first-order valence-corrected chi connectivity index (χ1v) is 6.56. The van der Waals surface area contributed by atoms with Gasteiger partial charge < -0.3 is 0 Å². The van der Waals surface area contributed by atoms with Crippen LogP contribution in [0.1, 0.15) is 17.7 Å². The van der Waals surface area contributed by atoms with E-state index in [-0.39, 0.29) is 13.0 Å². The summed E-state index contributed by atoms with van der Waals surface area (Å²) < 4.78 is 27.3. The van der Waals surface area contributed by atoms with E-state index in [0.717, 1.165) is 15.9 Å². The maximum atomic E-state index is 13.1. The van der Waals surface area contributed by atoms with Crippen molar-refractivity contribution in [1.29, 1.82) is 0 Å². The summed E-state index contributed by atoms with van der Waals surface area (Å²) in [6.45, 7) is 1.31. The minimum absolute atomic E-state index is 0.0368. The van der Waals surface area contributed by atoms with E-state index in [4.69, 9.17) is 0 Å². The third kappa shape index (κ3) is 2.98. The number of piperidine rings is 1. The van der Waals surface area contributed by atoms with Gasteiger partial charge in [0.05, 0.1) is 6.54 Å². The molecule has 0 unspecified atom stereocenters. The number of nitrogens with zero attached hydrogens (tertiary/aromatic N) is 1. The average molecular weight is 296 g/mol. The first-order chi connectivity index (χ1) is 7.07. The van der Waals surface area contributed by atoms with Crippen LogP contribution in [0, 0.1) is 0 Å². The third-order valence-electron chi connectivity index (χ3n) is 2.53. The minimum Gasteiger partial charge on any atom is -0.292 e. The van der Waals surface area contributed by atoms with Crippen molar-refractivity contribution in [2.45, 2.75) is 25.3 Å². The van der Waals surface area contributed by atoms with E-state index in [1.165, 1.54) is 0 Å². The van der Waals surface area contributed by atoms with Crippen molar-refractivity contribution in [2.24, 2.45) is 0 Å². The zero-order valence-electron chi connectivity index (χ0n) is 8.18. The Labute approximate surface area is 100 Å². The van der Waals surface area contributed by atoms with Gasteiger partial charge in [-0.15, -0.1) is 11.3 Å². The van der Waals surface area contributed by atoms with E-state index in [2.05, 4.69) is 15.9 Å². The molecule has 1 aromatic rings. The molecule has 0 saturated carbocycles. The quantitative estimate of drug-likeness (QED) is 0.803. The number of likely N-dealkylation sites (tertiary alicyclic amines) is 1. The van der Waals surface area contributed by atoms with E-state index in [1.54, 1.807) is 11.3 Å². The summed E-state index contributed by atoms with van der Waals surface area (Å²) in [5, 5.41) is 1.97. The molecule has 0 aliphatic carbocycles. The summed E-state index contributed by atoms with van der Waals surface area (Å²) in [6, 6.07) is 1.96. The predicted octanol–water partition coefficient (Wildman–Crippen LogP) is 3.74. The standard InChI is InChI=1S/C10H12BrF2NS/c11-8-2-5-15-9(8)6-14-4-1-3-10(12,13)7-14/h2,5H,1,3-4,6-7H2. The summed E-state index contributed by atoms with van der Waals surface area (Å²) in [5.74, 6) is -2.50. The second kappa shape index (κ2) is 4.47. The molecule has 0 radical (unpaired) electrons. The molecule has 15 heavy (non-hydrogen) atoms. The molecule has 1 aliphatic heterocycles. The number of thiophene rings is 1. The van der Waals surface area contributed by atoms with Crippen LogP contribution >= 0.6 is 27.3 Å². The van der Waals surface area contributed by atoms with Gasteiger partial charge in [0.2, 0.25) is 0 Å². The van der Waals surface area contributed by atoms with Gasteiger partial charge in [0, 0.05) is 22.3 Å². The molecular weight excluding hydrogens is 284 g/mol. The van der Waals surface area contributed by atoms with Crippen molar-refractivity contribution in [3.63, 3.8) is 0 Å². The van der Waals surface area contributed by atoms with Crippen LogP contribution in [0.15, 0.2) is 15.9 Å². The first-order valence-electron chi connectivity index (χ1n) is 4.89. The lowest BCUT2D eigenvalue weighted by Gasteiger charge is -2.32.